The molecule has 1 aromatic rings. The van der Waals surface area contributed by atoms with E-state index in [4.69, 9.17) is 0 Å². The number of urea groups is 1. The summed E-state index contributed by atoms with van der Waals surface area (Å²) in [6.07, 6.45) is -3.09. The molecule has 1 heterocycles. The van der Waals surface area contributed by atoms with Gasteiger partial charge in [0, 0.05) is 0 Å². The highest BCUT2D eigenvalue weighted by molar-refractivity contribution is 6.04. The molecule has 0 bridgehead atoms. The minimum Gasteiger partial charge on any atom is -0.326 e. The summed E-state index contributed by atoms with van der Waals surface area (Å²) in [4.78, 5) is 24.7. The van der Waals surface area contributed by atoms with Gasteiger partial charge in [-0.3, -0.25) is 9.69 Å². The molecule has 1 N–H and O–H groups in total. The molecule has 1 aromatic carbocycles. The topological polar surface area (TPSA) is 49.4 Å². The van der Waals surface area contributed by atoms with E-state index in [1.165, 1.54) is 12.1 Å². The Morgan fingerprint density at radius 2 is 1.81 bits per heavy atom. The van der Waals surface area contributed by atoms with Crippen molar-refractivity contribution in [1.29, 1.82) is 0 Å². The van der Waals surface area contributed by atoms with E-state index in [-0.39, 0.29) is 12.5 Å². The van der Waals surface area contributed by atoms with Gasteiger partial charge in [-0.15, -0.1) is 0 Å². The van der Waals surface area contributed by atoms with Gasteiger partial charge < -0.3 is 5.32 Å². The van der Waals surface area contributed by atoms with E-state index in [1.54, 1.807) is 0 Å². The van der Waals surface area contributed by atoms with E-state index in [1.807, 2.05) is 6.92 Å². The summed E-state index contributed by atoms with van der Waals surface area (Å²) < 4.78 is 37.4. The molecule has 0 saturated carbocycles. The normalized spacial score (nSPS) is 19.0. The summed E-state index contributed by atoms with van der Waals surface area (Å²) in [5.74, 6) is -0.332. The van der Waals surface area contributed by atoms with Crippen LogP contribution in [0.2, 0.25) is 0 Å². The Bertz CT molecular complexity index is 540. The number of rotatable bonds is 4. The third kappa shape index (κ3) is 3.34. The molecule has 0 radical (unpaired) electrons. The highest BCUT2D eigenvalue weighted by Crippen LogP contribution is 2.29. The summed E-state index contributed by atoms with van der Waals surface area (Å²) in [6, 6.07) is 3.40. The van der Waals surface area contributed by atoms with E-state index < -0.39 is 23.8 Å². The molecular formula is C14H15F3N2O2. The molecule has 0 aliphatic carbocycles. The predicted molar refractivity (Wildman–Crippen MR) is 69.2 cm³/mol. The fourth-order valence-electron chi connectivity index (χ4n) is 2.19. The van der Waals surface area contributed by atoms with Gasteiger partial charge in [-0.05, 0) is 24.1 Å². The first-order valence-corrected chi connectivity index (χ1v) is 6.61. The largest absolute Gasteiger partial charge is 0.416 e. The van der Waals surface area contributed by atoms with Crippen molar-refractivity contribution in [2.24, 2.45) is 0 Å². The predicted octanol–water partition coefficient (Wildman–Crippen LogP) is 2.93. The van der Waals surface area contributed by atoms with Crippen LogP contribution in [0.5, 0.6) is 0 Å². The molecule has 1 fully saturated rings. The molecular weight excluding hydrogens is 285 g/mol. The third-order valence-corrected chi connectivity index (χ3v) is 3.31. The quantitative estimate of drug-likeness (QED) is 0.869. The molecule has 7 heteroatoms. The average molecular weight is 300 g/mol. The number of imide groups is 1. The van der Waals surface area contributed by atoms with Gasteiger partial charge in [0.05, 0.1) is 12.1 Å². The number of carbonyl (C=O) groups is 2. The summed E-state index contributed by atoms with van der Waals surface area (Å²) in [5, 5.41) is 2.57. The molecule has 3 amide bonds. The second-order valence-corrected chi connectivity index (χ2v) is 4.91. The zero-order valence-electron chi connectivity index (χ0n) is 11.4. The second-order valence-electron chi connectivity index (χ2n) is 4.91. The maximum absolute atomic E-state index is 12.5. The molecule has 1 saturated heterocycles. The SMILES string of the molecule is CCCC1NC(=O)N(Cc2ccc(C(F)(F)F)cc2)C1=O. The van der Waals surface area contributed by atoms with E-state index in [0.717, 1.165) is 23.5 Å². The van der Waals surface area contributed by atoms with Gasteiger partial charge >= 0.3 is 12.2 Å². The van der Waals surface area contributed by atoms with E-state index >= 15 is 0 Å². The van der Waals surface area contributed by atoms with Crippen molar-refractivity contribution >= 4 is 11.9 Å². The Morgan fingerprint density at radius 3 is 2.33 bits per heavy atom. The lowest BCUT2D eigenvalue weighted by atomic mass is 10.1. The van der Waals surface area contributed by atoms with Crippen molar-refractivity contribution in [1.82, 2.24) is 10.2 Å². The number of hydrogen-bond acceptors (Lipinski definition) is 2. The van der Waals surface area contributed by atoms with Crippen molar-refractivity contribution in [2.75, 3.05) is 0 Å². The zero-order chi connectivity index (χ0) is 15.6. The fourth-order valence-corrected chi connectivity index (χ4v) is 2.19. The van der Waals surface area contributed by atoms with Crippen LogP contribution in [0, 0.1) is 0 Å². The Morgan fingerprint density at radius 1 is 1.19 bits per heavy atom. The summed E-state index contributed by atoms with van der Waals surface area (Å²) in [6.45, 7) is 1.88. The maximum atomic E-state index is 12.5. The molecule has 1 aliphatic rings. The van der Waals surface area contributed by atoms with Crippen LogP contribution in [-0.2, 0) is 17.5 Å². The van der Waals surface area contributed by atoms with Gasteiger partial charge in [-0.1, -0.05) is 25.5 Å². The van der Waals surface area contributed by atoms with Crippen LogP contribution in [0.3, 0.4) is 0 Å². The number of benzene rings is 1. The smallest absolute Gasteiger partial charge is 0.326 e. The molecule has 1 aliphatic heterocycles. The van der Waals surface area contributed by atoms with Crippen LogP contribution >= 0.6 is 0 Å². The number of halogens is 3. The number of amides is 3. The second kappa shape index (κ2) is 5.75. The van der Waals surface area contributed by atoms with Crippen molar-refractivity contribution in [3.8, 4) is 0 Å². The number of hydrogen-bond donors (Lipinski definition) is 1. The fraction of sp³-hybridized carbons (Fsp3) is 0.429. The number of nitrogens with zero attached hydrogens (tertiary/aromatic N) is 1. The van der Waals surface area contributed by atoms with Gasteiger partial charge in [0.25, 0.3) is 5.91 Å². The van der Waals surface area contributed by atoms with Crippen molar-refractivity contribution in [3.05, 3.63) is 35.4 Å². The van der Waals surface area contributed by atoms with Crippen molar-refractivity contribution in [3.63, 3.8) is 0 Å². The number of alkyl halides is 3. The standard InChI is InChI=1S/C14H15F3N2O2/c1-2-3-11-12(20)19(13(21)18-11)8-9-4-6-10(7-5-9)14(15,16)17/h4-7,11H,2-3,8H2,1H3,(H,18,21). The molecule has 0 spiro atoms. The number of carbonyl (C=O) groups excluding carboxylic acids is 2. The lowest BCUT2D eigenvalue weighted by Crippen LogP contribution is -2.30. The van der Waals surface area contributed by atoms with Crippen molar-refractivity contribution < 1.29 is 22.8 Å². The summed E-state index contributed by atoms with van der Waals surface area (Å²) in [5.41, 5.74) is -0.282. The lowest BCUT2D eigenvalue weighted by molar-refractivity contribution is -0.137. The first-order chi connectivity index (χ1) is 9.82. The van der Waals surface area contributed by atoms with Crippen LogP contribution in [0.25, 0.3) is 0 Å². The van der Waals surface area contributed by atoms with E-state index in [0.29, 0.717) is 12.0 Å². The highest BCUT2D eigenvalue weighted by Gasteiger charge is 2.37. The monoisotopic (exact) mass is 300 g/mol. The molecule has 21 heavy (non-hydrogen) atoms. The molecule has 0 aromatic heterocycles. The van der Waals surface area contributed by atoms with Gasteiger partial charge in [-0.2, -0.15) is 13.2 Å². The van der Waals surface area contributed by atoms with Crippen LogP contribution in [0.4, 0.5) is 18.0 Å². The Labute approximate surface area is 119 Å². The maximum Gasteiger partial charge on any atom is 0.416 e. The van der Waals surface area contributed by atoms with Gasteiger partial charge in [0.2, 0.25) is 0 Å². The summed E-state index contributed by atoms with van der Waals surface area (Å²) >= 11 is 0. The van der Waals surface area contributed by atoms with E-state index in [9.17, 15) is 22.8 Å². The molecule has 4 nitrogen and oxygen atoms in total. The number of nitrogens with one attached hydrogen (secondary N) is 1. The Balaban J connectivity index is 2.08. The average Bonchev–Trinajstić information content (AvgIpc) is 2.67. The Kier molecular flexibility index (Phi) is 4.20. The van der Waals surface area contributed by atoms with E-state index in [2.05, 4.69) is 5.32 Å². The first-order valence-electron chi connectivity index (χ1n) is 6.61. The Hall–Kier alpha value is -2.05. The van der Waals surface area contributed by atoms with Crippen LogP contribution in [-0.4, -0.2) is 22.9 Å². The first kappa shape index (κ1) is 15.3. The van der Waals surface area contributed by atoms with Gasteiger partial charge in [0.15, 0.2) is 0 Å². The zero-order valence-corrected chi connectivity index (χ0v) is 11.4. The van der Waals surface area contributed by atoms with Gasteiger partial charge in [-0.25, -0.2) is 4.79 Å². The van der Waals surface area contributed by atoms with Crippen molar-refractivity contribution in [2.45, 2.75) is 38.5 Å². The highest BCUT2D eigenvalue weighted by atomic mass is 19.4. The molecule has 2 rings (SSSR count). The lowest BCUT2D eigenvalue weighted by Gasteiger charge is -2.14. The molecule has 1 unspecified atom stereocenters. The molecule has 114 valence electrons. The van der Waals surface area contributed by atoms with Crippen LogP contribution < -0.4 is 5.32 Å². The minimum atomic E-state index is -4.40. The molecule has 1 atom stereocenters. The van der Waals surface area contributed by atoms with Crippen LogP contribution in [0.1, 0.15) is 30.9 Å². The third-order valence-electron chi connectivity index (χ3n) is 3.31. The van der Waals surface area contributed by atoms with Crippen LogP contribution in [0.15, 0.2) is 24.3 Å². The minimum absolute atomic E-state index is 0.0248. The summed E-state index contributed by atoms with van der Waals surface area (Å²) in [7, 11) is 0. The van der Waals surface area contributed by atoms with Gasteiger partial charge in [0.1, 0.15) is 6.04 Å².